The van der Waals surface area contributed by atoms with Crippen LogP contribution in [0.3, 0.4) is 0 Å². The van der Waals surface area contributed by atoms with Crippen molar-refractivity contribution in [2.75, 3.05) is 13.1 Å². The van der Waals surface area contributed by atoms with Gasteiger partial charge in [0.25, 0.3) is 5.91 Å². The lowest BCUT2D eigenvalue weighted by Gasteiger charge is -2.12. The highest BCUT2D eigenvalue weighted by Crippen LogP contribution is 2.27. The Labute approximate surface area is 285 Å². The zero-order chi connectivity index (χ0) is 34.9. The van der Waals surface area contributed by atoms with Crippen LogP contribution in [0.2, 0.25) is 0 Å². The molecule has 0 aliphatic heterocycles. The first-order chi connectivity index (χ1) is 23.6. The third-order valence-electron chi connectivity index (χ3n) is 8.03. The number of nitrogens with zero attached hydrogens (tertiary/aromatic N) is 2. The van der Waals surface area contributed by atoms with E-state index in [-0.39, 0.29) is 24.9 Å². The number of aromatic nitrogens is 2. The lowest BCUT2D eigenvalue weighted by atomic mass is 9.77. The fourth-order valence-corrected chi connectivity index (χ4v) is 5.53. The number of hydrogen-bond donors (Lipinski definition) is 6. The molecule has 5 rings (SSSR count). The molecule has 3 aromatic carbocycles. The molecule has 2 heterocycles. The first-order valence-electron chi connectivity index (χ1n) is 15.8. The minimum Gasteiger partial charge on any atom is -0.423 e. The second-order valence-electron chi connectivity index (χ2n) is 11.8. The first kappa shape index (κ1) is 34.9. The van der Waals surface area contributed by atoms with Gasteiger partial charge in [-0.2, -0.15) is 0 Å². The topological polar surface area (TPSA) is 147 Å². The Hall–Kier alpha value is -5.39. The summed E-state index contributed by atoms with van der Waals surface area (Å²) in [7, 11) is -3.19. The van der Waals surface area contributed by atoms with E-state index in [1.54, 1.807) is 31.2 Å². The van der Waals surface area contributed by atoms with Crippen LogP contribution in [0, 0.1) is 0 Å². The summed E-state index contributed by atoms with van der Waals surface area (Å²) < 4.78 is 3.88. The summed E-state index contributed by atoms with van der Waals surface area (Å²) >= 11 is 0. The smallest absolute Gasteiger partial charge is 0.423 e. The van der Waals surface area contributed by atoms with Crippen LogP contribution in [0.5, 0.6) is 0 Å². The summed E-state index contributed by atoms with van der Waals surface area (Å²) in [5.74, 6) is -0.586. The Morgan fingerprint density at radius 3 is 1.59 bits per heavy atom. The highest BCUT2D eigenvalue weighted by molar-refractivity contribution is 6.59. The summed E-state index contributed by atoms with van der Waals surface area (Å²) in [6.07, 6.45) is 7.66. The number of amides is 2. The van der Waals surface area contributed by atoms with Crippen LogP contribution in [-0.4, -0.2) is 59.2 Å². The van der Waals surface area contributed by atoms with Crippen molar-refractivity contribution >= 4 is 37.0 Å². The molecule has 0 aliphatic carbocycles. The third kappa shape index (κ3) is 9.16. The zero-order valence-electron chi connectivity index (χ0n) is 27.2. The second-order valence-corrected chi connectivity index (χ2v) is 11.8. The summed E-state index contributed by atoms with van der Waals surface area (Å²) in [6.45, 7) is 6.51. The molecule has 2 amide bonds. The van der Waals surface area contributed by atoms with Gasteiger partial charge in [-0.3, -0.25) is 9.59 Å². The number of pyridine rings is 2. The van der Waals surface area contributed by atoms with Gasteiger partial charge in [-0.25, -0.2) is 9.13 Å². The molecule has 2 aromatic heterocycles. The molecule has 0 spiro atoms. The monoisotopic (exact) mass is 656 g/mol. The lowest BCUT2D eigenvalue weighted by molar-refractivity contribution is -0.687. The quantitative estimate of drug-likeness (QED) is 0.0471. The standard InChI is InChI=1S/C37H36B2N4O6/c1-26(2)36(44)40-15-16-41-37(45)33-20-31(27-11-7-17-42(22-27)24-29-9-3-5-13-34(29)38(46)47)19-32(21-33)28-12-8-18-43(23-28)25-30-10-4-6-14-35(30)39(48)49/h3-14,17-23,46-49H,1,15-16,24-25H2,2H3/p+2. The Bertz CT molecular complexity index is 1870. The van der Waals surface area contributed by atoms with Gasteiger partial charge in [0.1, 0.15) is 0 Å². The van der Waals surface area contributed by atoms with Crippen LogP contribution in [-0.2, 0) is 17.9 Å². The number of benzene rings is 3. The molecule has 12 heteroatoms. The SMILES string of the molecule is C=C(C)C(=O)NCCNC(=O)c1cc(-c2ccc[n+](Cc3ccccc3B(O)O)c2)cc(-c2ccc[n+](Cc3ccccc3B(O)O)c2)c1. The number of rotatable bonds is 13. The van der Waals surface area contributed by atoms with Crippen LogP contribution in [0.4, 0.5) is 0 Å². The van der Waals surface area contributed by atoms with Crippen molar-refractivity contribution in [2.45, 2.75) is 20.0 Å². The summed E-state index contributed by atoms with van der Waals surface area (Å²) in [5.41, 5.74) is 6.42. The van der Waals surface area contributed by atoms with Crippen molar-refractivity contribution in [1.82, 2.24) is 10.6 Å². The van der Waals surface area contributed by atoms with E-state index in [0.717, 1.165) is 33.4 Å². The molecule has 0 atom stereocenters. The molecular weight excluding hydrogens is 618 g/mol. The van der Waals surface area contributed by atoms with E-state index in [9.17, 15) is 29.7 Å². The van der Waals surface area contributed by atoms with Crippen LogP contribution < -0.4 is 30.7 Å². The highest BCUT2D eigenvalue weighted by atomic mass is 16.4. The molecule has 6 N–H and O–H groups in total. The third-order valence-corrected chi connectivity index (χ3v) is 8.03. The molecule has 0 fully saturated rings. The molecule has 5 aromatic rings. The number of hydrogen-bond acceptors (Lipinski definition) is 6. The number of nitrogens with one attached hydrogen (secondary N) is 2. The molecule has 0 bridgehead atoms. The maximum atomic E-state index is 13.5. The summed E-state index contributed by atoms with van der Waals surface area (Å²) in [6, 6.07) is 27.6. The maximum Gasteiger partial charge on any atom is 0.488 e. The van der Waals surface area contributed by atoms with Gasteiger partial charge >= 0.3 is 14.2 Å². The van der Waals surface area contributed by atoms with Gasteiger partial charge in [-0.15, -0.1) is 0 Å². The predicted octanol–water partition coefficient (Wildman–Crippen LogP) is 0.474. The van der Waals surface area contributed by atoms with Crippen molar-refractivity contribution < 1.29 is 38.8 Å². The van der Waals surface area contributed by atoms with E-state index in [1.807, 2.05) is 101 Å². The summed E-state index contributed by atoms with van der Waals surface area (Å²) in [4.78, 5) is 25.3. The predicted molar refractivity (Wildman–Crippen MR) is 189 cm³/mol. The van der Waals surface area contributed by atoms with E-state index >= 15 is 0 Å². The molecule has 246 valence electrons. The van der Waals surface area contributed by atoms with Crippen molar-refractivity contribution in [1.29, 1.82) is 0 Å². The molecular formula is C37H38B2N4O6+2. The maximum absolute atomic E-state index is 13.5. The van der Waals surface area contributed by atoms with Gasteiger partial charge in [-0.05, 0) is 59.3 Å². The molecule has 0 saturated carbocycles. The van der Waals surface area contributed by atoms with Gasteiger partial charge in [0.2, 0.25) is 5.91 Å². The number of carbonyl (C=O) groups excluding carboxylic acids is 2. The Morgan fingerprint density at radius 2 is 1.12 bits per heavy atom. The van der Waals surface area contributed by atoms with E-state index in [4.69, 9.17) is 0 Å². The molecule has 49 heavy (non-hydrogen) atoms. The lowest BCUT2D eigenvalue weighted by Crippen LogP contribution is -2.40. The average Bonchev–Trinajstić information content (AvgIpc) is 3.10. The fourth-order valence-electron chi connectivity index (χ4n) is 5.53. The van der Waals surface area contributed by atoms with E-state index in [1.165, 1.54) is 0 Å². The molecule has 0 saturated heterocycles. The minimum absolute atomic E-state index is 0.223. The largest absolute Gasteiger partial charge is 0.488 e. The van der Waals surface area contributed by atoms with E-state index < -0.39 is 14.2 Å². The minimum atomic E-state index is -1.59. The van der Waals surface area contributed by atoms with Gasteiger partial charge in [0.05, 0.1) is 0 Å². The fraction of sp³-hybridized carbons (Fsp3) is 0.135. The molecule has 0 aliphatic rings. The average molecular weight is 656 g/mol. The molecule has 10 nitrogen and oxygen atoms in total. The van der Waals surface area contributed by atoms with Crippen LogP contribution in [0.15, 0.2) is 128 Å². The number of carbonyl (C=O) groups is 2. The Morgan fingerprint density at radius 1 is 0.653 bits per heavy atom. The normalized spacial score (nSPS) is 10.7. The highest BCUT2D eigenvalue weighted by Gasteiger charge is 2.20. The Balaban J connectivity index is 1.49. The molecule has 0 unspecified atom stereocenters. The van der Waals surface area contributed by atoms with Crippen molar-refractivity contribution in [2.24, 2.45) is 0 Å². The van der Waals surface area contributed by atoms with Gasteiger partial charge in [0, 0.05) is 58.6 Å². The summed E-state index contributed by atoms with van der Waals surface area (Å²) in [5, 5.41) is 45.1. The van der Waals surface area contributed by atoms with Crippen LogP contribution in [0.1, 0.15) is 28.4 Å². The van der Waals surface area contributed by atoms with Crippen molar-refractivity contribution in [3.8, 4) is 22.3 Å². The van der Waals surface area contributed by atoms with Gasteiger partial charge < -0.3 is 30.7 Å². The van der Waals surface area contributed by atoms with Gasteiger partial charge in [0.15, 0.2) is 37.9 Å². The van der Waals surface area contributed by atoms with Crippen LogP contribution >= 0.6 is 0 Å². The Kier molecular flexibility index (Phi) is 11.5. The van der Waals surface area contributed by atoms with E-state index in [0.29, 0.717) is 35.2 Å². The van der Waals surface area contributed by atoms with Crippen molar-refractivity contribution in [3.63, 3.8) is 0 Å². The van der Waals surface area contributed by atoms with Crippen molar-refractivity contribution in [3.05, 3.63) is 145 Å². The van der Waals surface area contributed by atoms with Gasteiger partial charge in [-0.1, -0.05) is 55.1 Å². The van der Waals surface area contributed by atoms with E-state index in [2.05, 4.69) is 17.2 Å². The zero-order valence-corrected chi connectivity index (χ0v) is 27.2. The van der Waals surface area contributed by atoms with Crippen LogP contribution in [0.25, 0.3) is 22.3 Å². The second kappa shape index (κ2) is 16.1. The molecule has 0 radical (unpaired) electrons. The first-order valence-corrected chi connectivity index (χ1v) is 15.8.